The van der Waals surface area contributed by atoms with Crippen LogP contribution in [0.3, 0.4) is 0 Å². The maximum absolute atomic E-state index is 11.9. The number of amides is 1. The third-order valence-electron chi connectivity index (χ3n) is 5.08. The van der Waals surface area contributed by atoms with Gasteiger partial charge in [0.1, 0.15) is 0 Å². The molecule has 26 heavy (non-hydrogen) atoms. The molecular formula is C20H35N5O. The van der Waals surface area contributed by atoms with Gasteiger partial charge in [0.15, 0.2) is 0 Å². The van der Waals surface area contributed by atoms with Crippen LogP contribution in [0.4, 0.5) is 0 Å². The van der Waals surface area contributed by atoms with Crippen LogP contribution in [0, 0.1) is 5.92 Å². The molecule has 0 aromatic rings. The highest BCUT2D eigenvalue weighted by Gasteiger charge is 2.20. The van der Waals surface area contributed by atoms with Crippen LogP contribution in [-0.2, 0) is 4.79 Å². The van der Waals surface area contributed by atoms with E-state index in [0.717, 1.165) is 56.3 Å². The molecule has 2 rings (SSSR count). The highest BCUT2D eigenvalue weighted by atomic mass is 16.2. The minimum Gasteiger partial charge on any atom is -0.404 e. The molecule has 0 radical (unpaired) electrons. The van der Waals surface area contributed by atoms with Crippen LogP contribution >= 0.6 is 0 Å². The minimum atomic E-state index is 0.0868. The Bertz CT molecular complexity index is 571. The highest BCUT2D eigenvalue weighted by molar-refractivity contribution is 5.78. The maximum atomic E-state index is 11.9. The van der Waals surface area contributed by atoms with Crippen molar-refractivity contribution in [2.45, 2.75) is 46.1 Å². The third-order valence-corrected chi connectivity index (χ3v) is 5.08. The van der Waals surface area contributed by atoms with Gasteiger partial charge in [0.05, 0.1) is 12.4 Å². The molecule has 0 saturated carbocycles. The van der Waals surface area contributed by atoms with Crippen molar-refractivity contribution in [2.24, 2.45) is 17.4 Å². The lowest BCUT2D eigenvalue weighted by molar-refractivity contribution is -0.123. The number of carbonyl (C=O) groups is 1. The Morgan fingerprint density at radius 3 is 2.58 bits per heavy atom. The van der Waals surface area contributed by atoms with Gasteiger partial charge < -0.3 is 21.7 Å². The van der Waals surface area contributed by atoms with Gasteiger partial charge in [-0.1, -0.05) is 13.0 Å². The van der Waals surface area contributed by atoms with Crippen LogP contribution in [0.1, 0.15) is 40.0 Å². The van der Waals surface area contributed by atoms with Gasteiger partial charge in [0.2, 0.25) is 5.91 Å². The highest BCUT2D eigenvalue weighted by Crippen LogP contribution is 2.28. The molecule has 2 aliphatic rings. The number of nitrogens with zero attached hydrogens (tertiary/aromatic N) is 2. The number of allylic oxidation sites excluding steroid dienone is 4. The van der Waals surface area contributed by atoms with E-state index in [9.17, 15) is 4.79 Å². The predicted octanol–water partition coefficient (Wildman–Crippen LogP) is 1.52. The molecule has 6 heteroatoms. The Balaban J connectivity index is 1.87. The van der Waals surface area contributed by atoms with Crippen LogP contribution in [0.25, 0.3) is 0 Å². The monoisotopic (exact) mass is 361 g/mol. The second-order valence-electron chi connectivity index (χ2n) is 7.79. The molecule has 0 spiro atoms. The summed E-state index contributed by atoms with van der Waals surface area (Å²) < 4.78 is 0. The molecule has 1 atom stereocenters. The second kappa shape index (κ2) is 9.67. The van der Waals surface area contributed by atoms with Gasteiger partial charge in [-0.2, -0.15) is 0 Å². The van der Waals surface area contributed by atoms with Crippen LogP contribution in [0.5, 0.6) is 0 Å². The first kappa shape index (κ1) is 20.4. The Hall–Kier alpha value is -1.95. The van der Waals surface area contributed by atoms with Crippen molar-refractivity contribution in [3.05, 3.63) is 35.3 Å². The van der Waals surface area contributed by atoms with Gasteiger partial charge in [-0.15, -0.1) is 0 Å². The number of hydrogen-bond acceptors (Lipinski definition) is 5. The standard InChI is InChI=1S/C20H35N5O/c1-15(2)23-20(26)14-24-8-10-25(11-9-24)19(22)12-18(13-21)17-6-4-16(3)5-7-17/h6,12-13,15-16H,4-5,7-11,14,21-22H2,1-3H3,(H,23,26)/b18-13+,19-12+. The number of rotatable bonds is 6. The van der Waals surface area contributed by atoms with Gasteiger partial charge in [-0.05, 0) is 56.3 Å². The zero-order valence-electron chi connectivity index (χ0n) is 16.5. The molecule has 6 nitrogen and oxygen atoms in total. The average molecular weight is 362 g/mol. The fraction of sp³-hybridized carbons (Fsp3) is 0.650. The largest absolute Gasteiger partial charge is 0.404 e. The number of nitrogens with one attached hydrogen (secondary N) is 1. The average Bonchev–Trinajstić information content (AvgIpc) is 2.60. The van der Waals surface area contributed by atoms with Crippen LogP contribution < -0.4 is 16.8 Å². The van der Waals surface area contributed by atoms with Gasteiger partial charge in [0.25, 0.3) is 0 Å². The molecule has 1 fully saturated rings. The normalized spacial score (nSPS) is 23.2. The SMILES string of the molecule is CC1CC=C(C(=C/N)/C=C(\N)N2CCN(CC(=O)NC(C)C)CC2)CC1. The number of nitrogens with two attached hydrogens (primary N) is 2. The van der Waals surface area contributed by atoms with Crippen LogP contribution in [0.15, 0.2) is 35.3 Å². The first-order valence-corrected chi connectivity index (χ1v) is 9.74. The summed E-state index contributed by atoms with van der Waals surface area (Å²) in [6, 6.07) is 0.181. The smallest absolute Gasteiger partial charge is 0.234 e. The van der Waals surface area contributed by atoms with E-state index in [4.69, 9.17) is 11.5 Å². The Morgan fingerprint density at radius 2 is 2.04 bits per heavy atom. The van der Waals surface area contributed by atoms with Crippen molar-refractivity contribution >= 4 is 5.91 Å². The fourth-order valence-electron chi connectivity index (χ4n) is 3.46. The van der Waals surface area contributed by atoms with Crippen molar-refractivity contribution in [1.29, 1.82) is 0 Å². The summed E-state index contributed by atoms with van der Waals surface area (Å²) in [5.41, 5.74) is 14.5. The molecule has 1 unspecified atom stereocenters. The van der Waals surface area contributed by atoms with Crippen molar-refractivity contribution < 1.29 is 4.79 Å². The zero-order chi connectivity index (χ0) is 19.1. The molecule has 5 N–H and O–H groups in total. The van der Waals surface area contributed by atoms with Gasteiger partial charge in [-0.3, -0.25) is 9.69 Å². The van der Waals surface area contributed by atoms with E-state index < -0.39 is 0 Å². The first-order chi connectivity index (χ1) is 12.4. The Labute approximate surface area is 158 Å². The Kier molecular flexibility index (Phi) is 7.57. The van der Waals surface area contributed by atoms with E-state index in [1.165, 1.54) is 12.0 Å². The van der Waals surface area contributed by atoms with E-state index in [2.05, 4.69) is 28.1 Å². The third kappa shape index (κ3) is 6.09. The molecule has 0 bridgehead atoms. The van der Waals surface area contributed by atoms with Gasteiger partial charge in [-0.25, -0.2) is 0 Å². The van der Waals surface area contributed by atoms with E-state index >= 15 is 0 Å². The number of carbonyl (C=O) groups excluding carboxylic acids is 1. The van der Waals surface area contributed by atoms with Crippen molar-refractivity contribution in [2.75, 3.05) is 32.7 Å². The van der Waals surface area contributed by atoms with E-state index in [1.54, 1.807) is 6.20 Å². The topological polar surface area (TPSA) is 87.6 Å². The first-order valence-electron chi connectivity index (χ1n) is 9.74. The molecule has 0 aromatic carbocycles. The van der Waals surface area contributed by atoms with Crippen LogP contribution in [-0.4, -0.2) is 54.5 Å². The number of hydrogen-bond donors (Lipinski definition) is 3. The lowest BCUT2D eigenvalue weighted by Crippen LogP contribution is -2.50. The lowest BCUT2D eigenvalue weighted by Gasteiger charge is -2.36. The van der Waals surface area contributed by atoms with Crippen molar-refractivity contribution in [3.8, 4) is 0 Å². The summed E-state index contributed by atoms with van der Waals surface area (Å²) in [6.45, 7) is 10.0. The van der Waals surface area contributed by atoms with Crippen LogP contribution in [0.2, 0.25) is 0 Å². The predicted molar refractivity (Wildman–Crippen MR) is 107 cm³/mol. The molecule has 146 valence electrons. The van der Waals surface area contributed by atoms with Crippen molar-refractivity contribution in [3.63, 3.8) is 0 Å². The van der Waals surface area contributed by atoms with Gasteiger partial charge >= 0.3 is 0 Å². The lowest BCUT2D eigenvalue weighted by atomic mass is 9.87. The zero-order valence-corrected chi connectivity index (χ0v) is 16.5. The molecule has 1 amide bonds. The van der Waals surface area contributed by atoms with E-state index in [-0.39, 0.29) is 11.9 Å². The van der Waals surface area contributed by atoms with Crippen molar-refractivity contribution in [1.82, 2.24) is 15.1 Å². The molecule has 1 saturated heterocycles. The maximum Gasteiger partial charge on any atom is 0.234 e. The molecule has 1 heterocycles. The molecule has 1 aliphatic carbocycles. The van der Waals surface area contributed by atoms with E-state index in [1.807, 2.05) is 19.9 Å². The quantitative estimate of drug-likeness (QED) is 0.624. The number of piperazine rings is 1. The van der Waals surface area contributed by atoms with Gasteiger partial charge in [0, 0.05) is 38.4 Å². The summed E-state index contributed by atoms with van der Waals surface area (Å²) in [7, 11) is 0. The summed E-state index contributed by atoms with van der Waals surface area (Å²) in [5.74, 6) is 1.59. The summed E-state index contributed by atoms with van der Waals surface area (Å²) >= 11 is 0. The van der Waals surface area contributed by atoms with E-state index in [0.29, 0.717) is 6.54 Å². The Morgan fingerprint density at radius 1 is 1.35 bits per heavy atom. The summed E-state index contributed by atoms with van der Waals surface area (Å²) in [6.07, 6.45) is 9.34. The molecule has 1 aliphatic heterocycles. The minimum absolute atomic E-state index is 0.0868. The summed E-state index contributed by atoms with van der Waals surface area (Å²) in [5, 5.41) is 2.94. The molecule has 0 aromatic heterocycles. The fourth-order valence-corrected chi connectivity index (χ4v) is 3.46. The second-order valence-corrected chi connectivity index (χ2v) is 7.79. The summed E-state index contributed by atoms with van der Waals surface area (Å²) in [4.78, 5) is 16.2. The molecular weight excluding hydrogens is 326 g/mol.